The van der Waals surface area contributed by atoms with E-state index in [2.05, 4.69) is 21.2 Å². The zero-order valence-electron chi connectivity index (χ0n) is 11.8. The molecule has 1 aliphatic heterocycles. The van der Waals surface area contributed by atoms with Crippen molar-refractivity contribution in [1.82, 2.24) is 5.32 Å². The molecule has 120 valence electrons. The molecule has 0 fully saturated rings. The molecule has 1 aromatic heterocycles. The average molecular weight is 382 g/mol. The van der Waals surface area contributed by atoms with Crippen molar-refractivity contribution in [3.05, 3.63) is 46.3 Å². The first-order valence-corrected chi connectivity index (χ1v) is 7.49. The summed E-state index contributed by atoms with van der Waals surface area (Å²) in [6, 6.07) is 8.36. The van der Waals surface area contributed by atoms with Crippen molar-refractivity contribution in [2.75, 3.05) is 13.3 Å². The van der Waals surface area contributed by atoms with Gasteiger partial charge in [0.2, 0.25) is 6.79 Å². The number of amides is 1. The van der Waals surface area contributed by atoms with Gasteiger partial charge in [0.15, 0.2) is 21.9 Å². The van der Waals surface area contributed by atoms with E-state index < -0.39 is 11.9 Å². The van der Waals surface area contributed by atoms with Gasteiger partial charge in [-0.15, -0.1) is 0 Å². The third-order valence-electron chi connectivity index (χ3n) is 3.03. The lowest BCUT2D eigenvalue weighted by molar-refractivity contribution is -0.143. The molecule has 0 aliphatic carbocycles. The molecule has 1 aromatic carbocycles. The lowest BCUT2D eigenvalue weighted by atomic mass is 10.2. The van der Waals surface area contributed by atoms with Gasteiger partial charge in [-0.2, -0.15) is 0 Å². The van der Waals surface area contributed by atoms with E-state index in [1.807, 2.05) is 0 Å². The highest BCUT2D eigenvalue weighted by Gasteiger charge is 2.15. The summed E-state index contributed by atoms with van der Waals surface area (Å²) in [7, 11) is 0. The van der Waals surface area contributed by atoms with Crippen molar-refractivity contribution in [2.24, 2.45) is 0 Å². The van der Waals surface area contributed by atoms with Crippen molar-refractivity contribution in [3.63, 3.8) is 0 Å². The standard InChI is InChI=1S/C15H12BrNO6/c16-13-4-3-11(23-13)15(19)17-6-14(18)20-7-9-1-2-10-12(5-9)22-8-21-10/h1-5H,6-8H2,(H,17,19). The van der Waals surface area contributed by atoms with E-state index in [1.54, 1.807) is 24.3 Å². The van der Waals surface area contributed by atoms with Crippen LogP contribution in [0.5, 0.6) is 11.5 Å². The Labute approximate surface area is 139 Å². The van der Waals surface area contributed by atoms with Gasteiger partial charge in [0, 0.05) is 0 Å². The molecule has 0 spiro atoms. The predicted molar refractivity (Wildman–Crippen MR) is 81.1 cm³/mol. The van der Waals surface area contributed by atoms with Gasteiger partial charge in [-0.3, -0.25) is 9.59 Å². The molecule has 2 heterocycles. The van der Waals surface area contributed by atoms with Gasteiger partial charge < -0.3 is 23.9 Å². The van der Waals surface area contributed by atoms with Crippen molar-refractivity contribution in [3.8, 4) is 11.5 Å². The Balaban J connectivity index is 1.45. The summed E-state index contributed by atoms with van der Waals surface area (Å²) in [6.07, 6.45) is 0. The third kappa shape index (κ3) is 3.84. The summed E-state index contributed by atoms with van der Waals surface area (Å²) < 4.78 is 21.0. The number of halogens is 1. The molecular weight excluding hydrogens is 370 g/mol. The molecule has 0 unspecified atom stereocenters. The van der Waals surface area contributed by atoms with Crippen molar-refractivity contribution in [1.29, 1.82) is 0 Å². The molecular formula is C15H12BrNO6. The highest BCUT2D eigenvalue weighted by atomic mass is 79.9. The highest BCUT2D eigenvalue weighted by molar-refractivity contribution is 9.10. The monoisotopic (exact) mass is 381 g/mol. The first-order valence-electron chi connectivity index (χ1n) is 6.69. The Morgan fingerprint density at radius 1 is 1.17 bits per heavy atom. The van der Waals surface area contributed by atoms with Gasteiger partial charge in [-0.1, -0.05) is 6.07 Å². The second kappa shape index (κ2) is 6.74. The first kappa shape index (κ1) is 15.4. The Bertz CT molecular complexity index is 741. The van der Waals surface area contributed by atoms with E-state index in [-0.39, 0.29) is 25.7 Å². The minimum Gasteiger partial charge on any atom is -0.460 e. The highest BCUT2D eigenvalue weighted by Crippen LogP contribution is 2.32. The van der Waals surface area contributed by atoms with Crippen LogP contribution in [0.1, 0.15) is 16.1 Å². The molecule has 8 heteroatoms. The van der Waals surface area contributed by atoms with Gasteiger partial charge in [-0.25, -0.2) is 0 Å². The van der Waals surface area contributed by atoms with Crippen LogP contribution in [0.25, 0.3) is 0 Å². The molecule has 0 atom stereocenters. The molecule has 3 rings (SSSR count). The summed E-state index contributed by atoms with van der Waals surface area (Å²) in [4.78, 5) is 23.4. The van der Waals surface area contributed by atoms with E-state index >= 15 is 0 Å². The van der Waals surface area contributed by atoms with E-state index in [1.165, 1.54) is 6.07 Å². The van der Waals surface area contributed by atoms with Crippen molar-refractivity contribution >= 4 is 27.8 Å². The zero-order chi connectivity index (χ0) is 16.2. The van der Waals surface area contributed by atoms with Gasteiger partial charge >= 0.3 is 5.97 Å². The molecule has 1 aliphatic rings. The van der Waals surface area contributed by atoms with Crippen LogP contribution in [-0.2, 0) is 16.1 Å². The van der Waals surface area contributed by atoms with Gasteiger partial charge in [0.1, 0.15) is 13.2 Å². The van der Waals surface area contributed by atoms with Crippen LogP contribution in [0, 0.1) is 0 Å². The summed E-state index contributed by atoms with van der Waals surface area (Å²) in [6.45, 7) is 0.0207. The van der Waals surface area contributed by atoms with Gasteiger partial charge in [0.05, 0.1) is 0 Å². The first-order chi connectivity index (χ1) is 11.1. The second-order valence-electron chi connectivity index (χ2n) is 4.63. The average Bonchev–Trinajstić information content (AvgIpc) is 3.18. The summed E-state index contributed by atoms with van der Waals surface area (Å²) in [5.74, 6) is 0.352. The van der Waals surface area contributed by atoms with Crippen LogP contribution in [0.15, 0.2) is 39.4 Å². The molecule has 1 N–H and O–H groups in total. The lowest BCUT2D eigenvalue weighted by Gasteiger charge is -2.06. The van der Waals surface area contributed by atoms with E-state index in [4.69, 9.17) is 18.6 Å². The molecule has 0 radical (unpaired) electrons. The number of benzene rings is 1. The Kier molecular flexibility index (Phi) is 4.52. The van der Waals surface area contributed by atoms with E-state index in [0.29, 0.717) is 16.2 Å². The maximum atomic E-state index is 11.7. The topological polar surface area (TPSA) is 87.0 Å². The van der Waals surface area contributed by atoms with Crippen molar-refractivity contribution < 1.29 is 28.2 Å². The largest absolute Gasteiger partial charge is 0.460 e. The fourth-order valence-corrected chi connectivity index (χ4v) is 2.23. The number of esters is 1. The minimum atomic E-state index is -0.554. The number of hydrogen-bond acceptors (Lipinski definition) is 6. The van der Waals surface area contributed by atoms with Crippen LogP contribution < -0.4 is 14.8 Å². The molecule has 23 heavy (non-hydrogen) atoms. The Morgan fingerprint density at radius 2 is 2.00 bits per heavy atom. The maximum Gasteiger partial charge on any atom is 0.325 e. The third-order valence-corrected chi connectivity index (χ3v) is 3.45. The smallest absolute Gasteiger partial charge is 0.325 e. The van der Waals surface area contributed by atoms with Crippen LogP contribution in [0.2, 0.25) is 0 Å². The number of carbonyl (C=O) groups excluding carboxylic acids is 2. The Hall–Kier alpha value is -2.48. The summed E-state index contributed by atoms with van der Waals surface area (Å²) in [5.41, 5.74) is 0.767. The van der Waals surface area contributed by atoms with E-state index in [9.17, 15) is 9.59 Å². The molecule has 7 nitrogen and oxygen atoms in total. The fraction of sp³-hybridized carbons (Fsp3) is 0.200. The predicted octanol–water partition coefficient (Wildman–Crippen LogP) is 2.24. The summed E-state index contributed by atoms with van der Waals surface area (Å²) >= 11 is 3.09. The molecule has 0 saturated carbocycles. The van der Waals surface area contributed by atoms with Crippen LogP contribution in [-0.4, -0.2) is 25.2 Å². The molecule has 0 saturated heterocycles. The normalized spacial score (nSPS) is 12.0. The molecule has 2 aromatic rings. The number of carbonyl (C=O) groups is 2. The number of furan rings is 1. The Morgan fingerprint density at radius 3 is 2.78 bits per heavy atom. The SMILES string of the molecule is O=C(CNC(=O)c1ccc(Br)o1)OCc1ccc2c(c1)OCO2. The second-order valence-corrected chi connectivity index (χ2v) is 5.42. The quantitative estimate of drug-likeness (QED) is 0.799. The van der Waals surface area contributed by atoms with Crippen LogP contribution in [0.4, 0.5) is 0 Å². The van der Waals surface area contributed by atoms with Crippen LogP contribution in [0.3, 0.4) is 0 Å². The molecule has 0 bridgehead atoms. The van der Waals surface area contributed by atoms with E-state index in [0.717, 1.165) is 5.56 Å². The van der Waals surface area contributed by atoms with Crippen LogP contribution >= 0.6 is 15.9 Å². The number of nitrogens with one attached hydrogen (secondary N) is 1. The van der Waals surface area contributed by atoms with Crippen molar-refractivity contribution in [2.45, 2.75) is 6.61 Å². The minimum absolute atomic E-state index is 0.0810. The molecule has 1 amide bonds. The number of rotatable bonds is 5. The maximum absolute atomic E-state index is 11.7. The number of ether oxygens (including phenoxy) is 3. The number of fused-ring (bicyclic) bond motifs is 1. The fourth-order valence-electron chi connectivity index (χ4n) is 1.92. The van der Waals surface area contributed by atoms with Gasteiger partial charge in [-0.05, 0) is 45.8 Å². The summed E-state index contributed by atoms with van der Waals surface area (Å²) in [5, 5.41) is 2.42. The zero-order valence-corrected chi connectivity index (χ0v) is 13.4. The lowest BCUT2D eigenvalue weighted by Crippen LogP contribution is -2.30. The number of hydrogen-bond donors (Lipinski definition) is 1. The van der Waals surface area contributed by atoms with Gasteiger partial charge in [0.25, 0.3) is 5.91 Å².